The largest absolute Gasteiger partial charge is 0.323 e. The Morgan fingerprint density at radius 3 is 2.39 bits per heavy atom. The Labute approximate surface area is 113 Å². The van der Waals surface area contributed by atoms with Gasteiger partial charge in [0, 0.05) is 10.9 Å². The Balaban J connectivity index is 2.08. The average Bonchev–Trinajstić information content (AvgIpc) is 2.76. The van der Waals surface area contributed by atoms with E-state index in [-0.39, 0.29) is 6.04 Å². The Morgan fingerprint density at radius 2 is 1.89 bits per heavy atom. The Morgan fingerprint density at radius 1 is 1.22 bits per heavy atom. The second-order valence-corrected chi connectivity index (χ2v) is 5.90. The molecule has 2 aromatic rings. The monoisotopic (exact) mass is 260 g/mol. The van der Waals surface area contributed by atoms with E-state index in [1.54, 1.807) is 11.3 Å². The summed E-state index contributed by atoms with van der Waals surface area (Å²) in [5.74, 6) is 0.580. The van der Waals surface area contributed by atoms with Gasteiger partial charge in [0.1, 0.15) is 0 Å². The third-order valence-electron chi connectivity index (χ3n) is 3.22. The Kier molecular flexibility index (Phi) is 4.15. The molecule has 1 heterocycles. The number of thiazole rings is 1. The van der Waals surface area contributed by atoms with Crippen molar-refractivity contribution >= 4 is 11.3 Å². The van der Waals surface area contributed by atoms with E-state index >= 15 is 0 Å². The molecule has 2 nitrogen and oxygen atoms in total. The normalized spacial score (nSPS) is 12.9. The van der Waals surface area contributed by atoms with Crippen molar-refractivity contribution < 1.29 is 0 Å². The topological polar surface area (TPSA) is 38.9 Å². The highest BCUT2D eigenvalue weighted by atomic mass is 32.1. The lowest BCUT2D eigenvalue weighted by Crippen LogP contribution is -2.13. The molecular formula is C15H20N2S. The quantitative estimate of drug-likeness (QED) is 0.907. The molecule has 18 heavy (non-hydrogen) atoms. The highest BCUT2D eigenvalue weighted by Gasteiger charge is 2.12. The summed E-state index contributed by atoms with van der Waals surface area (Å²) in [6.07, 6.45) is 0.876. The molecule has 0 aliphatic carbocycles. The van der Waals surface area contributed by atoms with E-state index in [9.17, 15) is 0 Å². The second kappa shape index (κ2) is 5.63. The Hall–Kier alpha value is -1.19. The fourth-order valence-electron chi connectivity index (χ4n) is 2.05. The highest BCUT2D eigenvalue weighted by Crippen LogP contribution is 2.23. The summed E-state index contributed by atoms with van der Waals surface area (Å²) >= 11 is 1.65. The fourth-order valence-corrected chi connectivity index (χ4v) is 2.86. The van der Waals surface area contributed by atoms with Crippen molar-refractivity contribution in [1.82, 2.24) is 4.98 Å². The fraction of sp³-hybridized carbons (Fsp3) is 0.400. The van der Waals surface area contributed by atoms with Crippen LogP contribution in [0.2, 0.25) is 0 Å². The summed E-state index contributed by atoms with van der Waals surface area (Å²) in [5.41, 5.74) is 11.8. The zero-order valence-electron chi connectivity index (χ0n) is 11.2. The van der Waals surface area contributed by atoms with Gasteiger partial charge >= 0.3 is 0 Å². The van der Waals surface area contributed by atoms with Crippen LogP contribution >= 0.6 is 11.3 Å². The van der Waals surface area contributed by atoms with Gasteiger partial charge in [0.25, 0.3) is 0 Å². The van der Waals surface area contributed by atoms with E-state index in [0.717, 1.165) is 12.1 Å². The first-order valence-corrected chi connectivity index (χ1v) is 7.20. The number of nitrogens with zero attached hydrogens (tertiary/aromatic N) is 1. The van der Waals surface area contributed by atoms with Crippen molar-refractivity contribution in [3.63, 3.8) is 0 Å². The van der Waals surface area contributed by atoms with Gasteiger partial charge in [-0.2, -0.15) is 0 Å². The molecule has 2 rings (SSSR count). The first-order valence-electron chi connectivity index (χ1n) is 6.32. The molecule has 96 valence electrons. The zero-order valence-corrected chi connectivity index (χ0v) is 12.0. The lowest BCUT2D eigenvalue weighted by Gasteiger charge is -2.12. The van der Waals surface area contributed by atoms with Crippen molar-refractivity contribution in [3.05, 3.63) is 51.5 Å². The Bertz CT molecular complexity index is 499. The van der Waals surface area contributed by atoms with Crippen LogP contribution in [0.3, 0.4) is 0 Å². The van der Waals surface area contributed by atoms with Gasteiger partial charge in [0.15, 0.2) is 0 Å². The summed E-state index contributed by atoms with van der Waals surface area (Å²) in [4.78, 5) is 5.45. The third kappa shape index (κ3) is 2.98. The minimum absolute atomic E-state index is 0.0578. The van der Waals surface area contributed by atoms with Crippen molar-refractivity contribution in [2.24, 2.45) is 5.73 Å². The van der Waals surface area contributed by atoms with Gasteiger partial charge < -0.3 is 5.73 Å². The van der Waals surface area contributed by atoms with Gasteiger partial charge in [-0.1, -0.05) is 38.1 Å². The molecule has 1 unspecified atom stereocenters. The number of benzene rings is 1. The van der Waals surface area contributed by atoms with Crippen LogP contribution in [0.5, 0.6) is 0 Å². The van der Waals surface area contributed by atoms with Gasteiger partial charge in [-0.15, -0.1) is 11.3 Å². The number of aromatic nitrogens is 1. The smallest absolute Gasteiger partial charge is 0.0798 e. The van der Waals surface area contributed by atoms with Crippen LogP contribution in [0.15, 0.2) is 29.8 Å². The lowest BCUT2D eigenvalue weighted by atomic mass is 9.99. The van der Waals surface area contributed by atoms with Crippen LogP contribution in [0.4, 0.5) is 0 Å². The molecule has 1 aromatic heterocycles. The van der Waals surface area contributed by atoms with Crippen LogP contribution in [0, 0.1) is 6.92 Å². The van der Waals surface area contributed by atoms with Crippen molar-refractivity contribution in [2.75, 3.05) is 0 Å². The van der Waals surface area contributed by atoms with Crippen LogP contribution < -0.4 is 5.73 Å². The van der Waals surface area contributed by atoms with Crippen molar-refractivity contribution in [3.8, 4) is 0 Å². The van der Waals surface area contributed by atoms with E-state index in [0.29, 0.717) is 5.92 Å². The molecule has 1 atom stereocenters. The summed E-state index contributed by atoms with van der Waals surface area (Å²) in [6, 6.07) is 8.83. The maximum Gasteiger partial charge on any atom is 0.0798 e. The van der Waals surface area contributed by atoms with Gasteiger partial charge in [-0.3, -0.25) is 0 Å². The molecule has 0 aliphatic rings. The molecule has 0 bridgehead atoms. The molecule has 0 amide bonds. The van der Waals surface area contributed by atoms with Gasteiger partial charge in [-0.25, -0.2) is 4.98 Å². The molecule has 0 saturated heterocycles. The molecule has 3 heteroatoms. The predicted molar refractivity (Wildman–Crippen MR) is 78.0 cm³/mol. The molecule has 2 N–H and O–H groups in total. The number of rotatable bonds is 4. The van der Waals surface area contributed by atoms with E-state index in [1.807, 2.05) is 12.4 Å². The van der Waals surface area contributed by atoms with Crippen LogP contribution in [-0.4, -0.2) is 4.98 Å². The van der Waals surface area contributed by atoms with Crippen molar-refractivity contribution in [2.45, 2.75) is 39.2 Å². The third-order valence-corrected chi connectivity index (χ3v) is 4.28. The second-order valence-electron chi connectivity index (χ2n) is 5.01. The minimum Gasteiger partial charge on any atom is -0.323 e. The molecule has 1 aromatic carbocycles. The number of nitrogens with two attached hydrogens (primary N) is 1. The van der Waals surface area contributed by atoms with Crippen molar-refractivity contribution in [1.29, 1.82) is 0 Å². The van der Waals surface area contributed by atoms with Crippen LogP contribution in [-0.2, 0) is 6.42 Å². The minimum atomic E-state index is 0.0578. The first-order chi connectivity index (χ1) is 8.58. The van der Waals surface area contributed by atoms with Gasteiger partial charge in [0.2, 0.25) is 0 Å². The average molecular weight is 260 g/mol. The summed E-state index contributed by atoms with van der Waals surface area (Å²) in [6.45, 7) is 6.44. The molecular weight excluding hydrogens is 240 g/mol. The number of hydrogen-bond acceptors (Lipinski definition) is 3. The van der Waals surface area contributed by atoms with Crippen LogP contribution in [0.25, 0.3) is 0 Å². The van der Waals surface area contributed by atoms with Gasteiger partial charge in [0.05, 0.1) is 11.2 Å². The SMILES string of the molecule is Cc1ncsc1C(N)Cc1ccc(C(C)C)cc1. The maximum absolute atomic E-state index is 6.24. The van der Waals surface area contributed by atoms with E-state index in [1.165, 1.54) is 16.0 Å². The maximum atomic E-state index is 6.24. The van der Waals surface area contributed by atoms with Gasteiger partial charge in [-0.05, 0) is 30.4 Å². The molecule has 0 aliphatic heterocycles. The van der Waals surface area contributed by atoms with E-state index < -0.39 is 0 Å². The molecule has 0 saturated carbocycles. The predicted octanol–water partition coefficient (Wildman–Crippen LogP) is 3.82. The van der Waals surface area contributed by atoms with Crippen LogP contribution in [0.1, 0.15) is 47.5 Å². The molecule has 0 radical (unpaired) electrons. The standard InChI is InChI=1S/C15H20N2S/c1-10(2)13-6-4-12(5-7-13)8-14(16)15-11(3)17-9-18-15/h4-7,9-10,14H,8,16H2,1-3H3. The summed E-state index contributed by atoms with van der Waals surface area (Å²) < 4.78 is 0. The number of hydrogen-bond donors (Lipinski definition) is 1. The summed E-state index contributed by atoms with van der Waals surface area (Å²) in [5, 5.41) is 0. The first kappa shape index (κ1) is 13.2. The summed E-state index contributed by atoms with van der Waals surface area (Å²) in [7, 11) is 0. The zero-order chi connectivity index (χ0) is 13.1. The molecule has 0 spiro atoms. The number of aryl methyl sites for hydroxylation is 1. The lowest BCUT2D eigenvalue weighted by molar-refractivity contribution is 0.728. The van der Waals surface area contributed by atoms with E-state index in [4.69, 9.17) is 5.73 Å². The van der Waals surface area contributed by atoms with E-state index in [2.05, 4.69) is 43.1 Å². The molecule has 0 fully saturated rings. The highest BCUT2D eigenvalue weighted by molar-refractivity contribution is 7.09.